The molecule has 132 valence electrons. The summed E-state index contributed by atoms with van der Waals surface area (Å²) in [6.45, 7) is 7.19. The second-order valence-electron chi connectivity index (χ2n) is 8.01. The maximum Gasteiger partial charge on any atom is 0.341 e. The van der Waals surface area contributed by atoms with Gasteiger partial charge in [0.05, 0.1) is 11.2 Å². The Balaban J connectivity index is 2.07. The molecule has 0 saturated carbocycles. The first-order valence-electron chi connectivity index (χ1n) is 8.11. The van der Waals surface area contributed by atoms with E-state index in [9.17, 15) is 14.4 Å². The molecule has 0 aromatic heterocycles. The van der Waals surface area contributed by atoms with Crippen LogP contribution in [0.1, 0.15) is 46.1 Å². The second-order valence-corrected chi connectivity index (χ2v) is 9.77. The minimum absolute atomic E-state index is 0.241. The lowest BCUT2D eigenvalue weighted by Crippen LogP contribution is -2.83. The normalized spacial score (nSPS) is 50.2. The topological polar surface area (TPSA) is 85.2 Å². The van der Waals surface area contributed by atoms with E-state index in [0.29, 0.717) is 5.56 Å². The lowest BCUT2D eigenvalue weighted by atomic mass is 9.61. The van der Waals surface area contributed by atoms with Gasteiger partial charge in [-0.1, -0.05) is 30.3 Å². The number of benzene rings is 1. The van der Waals surface area contributed by atoms with Gasteiger partial charge in [0.2, 0.25) is 0 Å². The van der Waals surface area contributed by atoms with Crippen LogP contribution in [-0.4, -0.2) is 32.6 Å². The Labute approximate surface area is 141 Å². The number of hydrogen-bond donors (Lipinski definition) is 2. The van der Waals surface area contributed by atoms with Crippen molar-refractivity contribution in [1.29, 1.82) is 0 Å². The van der Waals surface area contributed by atoms with Gasteiger partial charge in [-0.25, -0.2) is 0 Å². The zero-order chi connectivity index (χ0) is 17.6. The Morgan fingerprint density at radius 2 is 1.33 bits per heavy atom. The Bertz CT molecular complexity index is 697. The number of rotatable bonds is 2. The highest BCUT2D eigenvalue weighted by molar-refractivity contribution is 7.53. The fourth-order valence-electron chi connectivity index (χ4n) is 5.93. The third-order valence-corrected chi connectivity index (χ3v) is 7.87. The van der Waals surface area contributed by atoms with Crippen molar-refractivity contribution in [3.05, 3.63) is 35.9 Å². The van der Waals surface area contributed by atoms with Gasteiger partial charge in [0, 0.05) is 12.8 Å². The van der Waals surface area contributed by atoms with Crippen molar-refractivity contribution in [2.24, 2.45) is 0 Å². The molecule has 0 aliphatic carbocycles. The van der Waals surface area contributed by atoms with Crippen LogP contribution >= 0.6 is 7.60 Å². The van der Waals surface area contributed by atoms with Gasteiger partial charge < -0.3 is 24.0 Å². The first-order valence-corrected chi connectivity index (χ1v) is 9.72. The number of hydrogen-bond acceptors (Lipinski definition) is 4. The van der Waals surface area contributed by atoms with E-state index < -0.39 is 35.5 Å². The Morgan fingerprint density at radius 3 is 1.75 bits per heavy atom. The molecule has 4 fully saturated rings. The summed E-state index contributed by atoms with van der Waals surface area (Å²) in [6, 6.07) is 8.88. The summed E-state index contributed by atoms with van der Waals surface area (Å²) in [6.07, 6.45) is 0.483. The summed E-state index contributed by atoms with van der Waals surface area (Å²) in [5.74, 6) is -1.86. The van der Waals surface area contributed by atoms with Gasteiger partial charge in [0.1, 0.15) is 0 Å². The average Bonchev–Trinajstić information content (AvgIpc) is 2.31. The van der Waals surface area contributed by atoms with Gasteiger partial charge in [-0.05, 0) is 33.3 Å². The Morgan fingerprint density at radius 1 is 0.875 bits per heavy atom. The SMILES string of the molecule is CC12CC3(C)OC(C)(CC(C)(O1)C3(c1ccccc1)P(=O)(O)O)O2. The standard InChI is InChI=1S/C17H23O6P/c1-13-10-15(3)22-14(2,11-16(4,21-13)23-15)17(13,24(18,19)20)12-8-6-5-7-9-12/h5-9H,10-11H2,1-4H3,(H2,18,19,20). The molecule has 4 heterocycles. The van der Waals surface area contributed by atoms with E-state index in [1.54, 1.807) is 38.1 Å². The smallest absolute Gasteiger partial charge is 0.341 e. The fourth-order valence-corrected chi connectivity index (χ4v) is 7.90. The molecule has 6 nitrogen and oxygen atoms in total. The first kappa shape index (κ1) is 16.7. The lowest BCUT2D eigenvalue weighted by molar-refractivity contribution is -0.525. The van der Waals surface area contributed by atoms with E-state index >= 15 is 0 Å². The van der Waals surface area contributed by atoms with E-state index in [2.05, 4.69) is 0 Å². The predicted molar refractivity (Wildman–Crippen MR) is 86.3 cm³/mol. The van der Waals surface area contributed by atoms with Gasteiger partial charge in [0.25, 0.3) is 0 Å². The second kappa shape index (κ2) is 4.32. The monoisotopic (exact) mass is 354 g/mol. The van der Waals surface area contributed by atoms with Crippen LogP contribution in [0, 0.1) is 0 Å². The zero-order valence-electron chi connectivity index (χ0n) is 14.3. The molecular formula is C17H23O6P. The van der Waals surface area contributed by atoms with Gasteiger partial charge in [-0.15, -0.1) is 0 Å². The van der Waals surface area contributed by atoms with Crippen molar-refractivity contribution in [3.63, 3.8) is 0 Å². The van der Waals surface area contributed by atoms with E-state index in [1.165, 1.54) is 0 Å². The largest absolute Gasteiger partial charge is 0.342 e. The van der Waals surface area contributed by atoms with Crippen molar-refractivity contribution in [2.75, 3.05) is 0 Å². The molecule has 4 aliphatic heterocycles. The fraction of sp³-hybridized carbons (Fsp3) is 0.647. The van der Waals surface area contributed by atoms with Crippen LogP contribution in [0.15, 0.2) is 30.3 Å². The van der Waals surface area contributed by atoms with Crippen molar-refractivity contribution in [2.45, 2.75) is 68.5 Å². The van der Waals surface area contributed by atoms with Crippen LogP contribution in [0.4, 0.5) is 0 Å². The maximum absolute atomic E-state index is 13.0. The van der Waals surface area contributed by atoms with E-state index in [4.69, 9.17) is 14.2 Å². The van der Waals surface area contributed by atoms with Gasteiger partial charge in [0.15, 0.2) is 16.7 Å². The summed E-state index contributed by atoms with van der Waals surface area (Å²) in [4.78, 5) is 21.1. The van der Waals surface area contributed by atoms with Crippen LogP contribution in [-0.2, 0) is 23.9 Å². The summed E-state index contributed by atoms with van der Waals surface area (Å²) >= 11 is 0. The quantitative estimate of drug-likeness (QED) is 0.795. The summed E-state index contributed by atoms with van der Waals surface area (Å²) in [7, 11) is -4.67. The molecule has 4 unspecified atom stereocenters. The summed E-state index contributed by atoms with van der Waals surface area (Å²) in [5.41, 5.74) is -1.71. The van der Waals surface area contributed by atoms with Crippen LogP contribution in [0.3, 0.4) is 0 Å². The van der Waals surface area contributed by atoms with E-state index in [0.717, 1.165) is 0 Å². The highest BCUT2D eigenvalue weighted by Crippen LogP contribution is 2.78. The molecule has 1 aromatic carbocycles. The molecule has 24 heavy (non-hydrogen) atoms. The summed E-state index contributed by atoms with van der Waals surface area (Å²) < 4.78 is 31.4. The molecule has 1 aromatic rings. The zero-order valence-corrected chi connectivity index (χ0v) is 15.2. The molecule has 4 saturated heterocycles. The molecule has 2 N–H and O–H groups in total. The summed E-state index contributed by atoms with van der Waals surface area (Å²) in [5, 5.41) is -1.60. The minimum Gasteiger partial charge on any atom is -0.342 e. The Hall–Kier alpha value is -0.750. The van der Waals surface area contributed by atoms with Crippen molar-refractivity contribution >= 4 is 7.60 Å². The van der Waals surface area contributed by atoms with Gasteiger partial charge in [-0.2, -0.15) is 0 Å². The highest BCUT2D eigenvalue weighted by atomic mass is 31.2. The minimum atomic E-state index is -4.67. The van der Waals surface area contributed by atoms with Crippen LogP contribution in [0.5, 0.6) is 0 Å². The van der Waals surface area contributed by atoms with E-state index in [-0.39, 0.29) is 12.8 Å². The molecule has 7 heteroatoms. The third kappa shape index (κ3) is 1.77. The molecule has 4 atom stereocenters. The van der Waals surface area contributed by atoms with Crippen molar-refractivity contribution in [1.82, 2.24) is 0 Å². The highest BCUT2D eigenvalue weighted by Gasteiger charge is 2.83. The third-order valence-electron chi connectivity index (χ3n) is 5.79. The van der Waals surface area contributed by atoms with Crippen molar-refractivity contribution in [3.8, 4) is 0 Å². The van der Waals surface area contributed by atoms with Crippen LogP contribution in [0.25, 0.3) is 0 Å². The van der Waals surface area contributed by atoms with Gasteiger partial charge in [-0.3, -0.25) is 4.57 Å². The van der Waals surface area contributed by atoms with Crippen LogP contribution in [0.2, 0.25) is 0 Å². The average molecular weight is 354 g/mol. The molecule has 0 amide bonds. The molecule has 5 rings (SSSR count). The first-order chi connectivity index (χ1) is 10.9. The van der Waals surface area contributed by atoms with Crippen molar-refractivity contribution < 1.29 is 28.6 Å². The van der Waals surface area contributed by atoms with E-state index in [1.807, 2.05) is 19.9 Å². The molecular weight excluding hydrogens is 331 g/mol. The molecule has 0 spiro atoms. The Kier molecular flexibility index (Phi) is 3.00. The predicted octanol–water partition coefficient (Wildman–Crippen LogP) is 2.88. The van der Waals surface area contributed by atoms with Crippen LogP contribution < -0.4 is 0 Å². The molecule has 4 aliphatic rings. The lowest BCUT2D eigenvalue weighted by Gasteiger charge is -2.73. The number of ether oxygens (including phenoxy) is 3. The van der Waals surface area contributed by atoms with Gasteiger partial charge >= 0.3 is 7.60 Å². The molecule has 4 bridgehead atoms. The molecule has 0 radical (unpaired) electrons. The maximum atomic E-state index is 13.0.